The average Bonchev–Trinajstić information content (AvgIpc) is 3.87. The average molecular weight is 980 g/mol. The Labute approximate surface area is 444 Å². The second-order valence-electron chi connectivity index (χ2n) is 22.9. The Kier molecular flexibility index (Phi) is 9.37. The number of fused-ring (bicyclic) bond motifs is 12. The Morgan fingerprint density at radius 3 is 1.65 bits per heavy atom. The van der Waals surface area contributed by atoms with Crippen molar-refractivity contribution in [1.29, 1.82) is 0 Å². The fourth-order valence-corrected chi connectivity index (χ4v) is 18.4. The van der Waals surface area contributed by atoms with E-state index in [1.165, 1.54) is 124 Å². The van der Waals surface area contributed by atoms with Crippen LogP contribution in [-0.4, -0.2) is 0 Å². The summed E-state index contributed by atoms with van der Waals surface area (Å²) in [5, 5.41) is 2.67. The van der Waals surface area contributed by atoms with E-state index in [-0.39, 0.29) is 10.8 Å². The van der Waals surface area contributed by atoms with Crippen molar-refractivity contribution in [2.75, 3.05) is 4.90 Å². The van der Waals surface area contributed by atoms with Crippen molar-refractivity contribution < 1.29 is 0 Å². The third kappa shape index (κ3) is 5.74. The summed E-state index contributed by atoms with van der Waals surface area (Å²) in [5.74, 6) is 2.54. The molecule has 16 rings (SSSR count). The van der Waals surface area contributed by atoms with E-state index in [1.807, 2.05) is 11.3 Å². The molecule has 2 spiro atoms. The third-order valence-electron chi connectivity index (χ3n) is 19.7. The van der Waals surface area contributed by atoms with E-state index in [4.69, 9.17) is 0 Å². The summed E-state index contributed by atoms with van der Waals surface area (Å²) in [5.41, 5.74) is 22.2. The predicted octanol–water partition coefficient (Wildman–Crippen LogP) is 19.5. The maximum atomic E-state index is 2.76. The summed E-state index contributed by atoms with van der Waals surface area (Å²) in [7, 11) is 0. The Balaban J connectivity index is 0.949. The number of anilines is 3. The van der Waals surface area contributed by atoms with Gasteiger partial charge in [0, 0.05) is 47.9 Å². The molecule has 5 aliphatic carbocycles. The zero-order chi connectivity index (χ0) is 49.6. The van der Waals surface area contributed by atoms with Crippen LogP contribution in [0.25, 0.3) is 64.7 Å². The molecule has 6 atom stereocenters. The number of nitrogens with zero attached hydrogens (tertiary/aromatic N) is 1. The van der Waals surface area contributed by atoms with Crippen LogP contribution in [0.3, 0.4) is 0 Å². The summed E-state index contributed by atoms with van der Waals surface area (Å²) in [6, 6.07) is 90.9. The first kappa shape index (κ1) is 43.6. The van der Waals surface area contributed by atoms with E-state index >= 15 is 0 Å². The lowest BCUT2D eigenvalue weighted by atomic mass is 9.49. The lowest BCUT2D eigenvalue weighted by Gasteiger charge is -2.54. The number of para-hydroxylation sites is 1. The van der Waals surface area contributed by atoms with Crippen molar-refractivity contribution in [3.63, 3.8) is 0 Å². The van der Waals surface area contributed by atoms with Gasteiger partial charge < -0.3 is 4.90 Å². The molecule has 75 heavy (non-hydrogen) atoms. The van der Waals surface area contributed by atoms with E-state index in [2.05, 4.69) is 255 Å². The maximum absolute atomic E-state index is 2.76. The van der Waals surface area contributed by atoms with Crippen molar-refractivity contribution >= 4 is 48.6 Å². The van der Waals surface area contributed by atoms with Crippen molar-refractivity contribution in [2.45, 2.75) is 55.8 Å². The minimum absolute atomic E-state index is 0.0313. The van der Waals surface area contributed by atoms with Gasteiger partial charge in [-0.15, -0.1) is 11.3 Å². The fraction of sp³-hybridized carbons (Fsp3) is 0.178. The molecule has 2 bridgehead atoms. The predicted molar refractivity (Wildman–Crippen MR) is 315 cm³/mol. The number of hydrogen-bond donors (Lipinski definition) is 0. The molecule has 1 aromatic heterocycles. The van der Waals surface area contributed by atoms with Gasteiger partial charge in [-0.25, -0.2) is 0 Å². The Morgan fingerprint density at radius 1 is 0.387 bits per heavy atom. The SMILES string of the molecule is CC1C[C@@H]2CC3C[C@H](C1)C21c2cc(N(c4ccc(-c5ccccc5-c5cccc6sc7ccccc7c56)cc4)c4ccccc4-c4ccccc4)ccc2C2(c4ccccc4-c4ccccc42)c2ccccc2[C@]31C. The molecular weight excluding hydrogens is 923 g/mol. The molecule has 3 saturated carbocycles. The van der Waals surface area contributed by atoms with Gasteiger partial charge in [0.15, 0.2) is 0 Å². The number of hydrogen-bond acceptors (Lipinski definition) is 2. The molecule has 5 aliphatic rings. The van der Waals surface area contributed by atoms with Gasteiger partial charge in [0.25, 0.3) is 0 Å². The third-order valence-corrected chi connectivity index (χ3v) is 20.9. The monoisotopic (exact) mass is 979 g/mol. The fourth-order valence-electron chi connectivity index (χ4n) is 17.2. The molecule has 360 valence electrons. The summed E-state index contributed by atoms with van der Waals surface area (Å²) >= 11 is 1.89. The zero-order valence-corrected chi connectivity index (χ0v) is 43.3. The summed E-state index contributed by atoms with van der Waals surface area (Å²) in [4.78, 5) is 2.60. The van der Waals surface area contributed by atoms with Gasteiger partial charge in [-0.05, 0) is 164 Å². The largest absolute Gasteiger partial charge is 0.310 e. The highest BCUT2D eigenvalue weighted by Crippen LogP contribution is 2.79. The van der Waals surface area contributed by atoms with Crippen molar-refractivity contribution in [3.8, 4) is 44.5 Å². The van der Waals surface area contributed by atoms with Crippen LogP contribution >= 0.6 is 11.3 Å². The Bertz CT molecular complexity index is 4040. The van der Waals surface area contributed by atoms with Crippen LogP contribution in [0.4, 0.5) is 17.1 Å². The molecular formula is C73H57NS. The Morgan fingerprint density at radius 2 is 0.920 bits per heavy atom. The van der Waals surface area contributed by atoms with Gasteiger partial charge >= 0.3 is 0 Å². The van der Waals surface area contributed by atoms with E-state index in [1.54, 1.807) is 11.1 Å². The summed E-state index contributed by atoms with van der Waals surface area (Å²) in [6.07, 6.45) is 5.18. The van der Waals surface area contributed by atoms with Gasteiger partial charge in [0.05, 0.1) is 11.1 Å². The minimum Gasteiger partial charge on any atom is -0.310 e. The van der Waals surface area contributed by atoms with Crippen molar-refractivity contribution in [3.05, 3.63) is 270 Å². The first-order chi connectivity index (χ1) is 37.0. The molecule has 0 radical (unpaired) electrons. The topological polar surface area (TPSA) is 3.24 Å². The van der Waals surface area contributed by atoms with Gasteiger partial charge in [-0.2, -0.15) is 0 Å². The van der Waals surface area contributed by atoms with Crippen LogP contribution in [-0.2, 0) is 16.2 Å². The first-order valence-corrected chi connectivity index (χ1v) is 28.3. The van der Waals surface area contributed by atoms with Crippen LogP contribution in [0, 0.1) is 23.7 Å². The standard InChI is InChI=1S/C73H57NS/c1-46-41-50-43-49-44-51(42-46)73(50)66-45-53(39-40-65(66)72(64-31-15-14-30-63(64)71(49,73)2)61-28-12-8-24-57(61)58-25-9-13-29-62(58)72)74(67-32-16-10-22-55(67)47-19-4-3-5-20-47)52-37-35-48(36-38-52)54-21-6-7-23-56(54)59-27-18-34-69-70(59)60-26-11-17-33-68(60)75-69/h3-40,45-46,49-51H,41-44H2,1-2H3/t46?,49?,50-,51+,71-,73?/m0/s1. The second kappa shape index (κ2) is 16.1. The van der Waals surface area contributed by atoms with Crippen LogP contribution in [0.1, 0.15) is 72.9 Å². The zero-order valence-electron chi connectivity index (χ0n) is 42.5. The summed E-state index contributed by atoms with van der Waals surface area (Å²) < 4.78 is 2.66. The molecule has 3 fully saturated rings. The molecule has 0 amide bonds. The van der Waals surface area contributed by atoms with Crippen LogP contribution in [0.2, 0.25) is 0 Å². The lowest BCUT2D eigenvalue weighted by Crippen LogP contribution is -2.52. The minimum atomic E-state index is -0.471. The first-order valence-electron chi connectivity index (χ1n) is 27.5. The molecule has 3 unspecified atom stereocenters. The van der Waals surface area contributed by atoms with Gasteiger partial charge in [-0.1, -0.05) is 208 Å². The summed E-state index contributed by atoms with van der Waals surface area (Å²) in [6.45, 7) is 5.30. The van der Waals surface area contributed by atoms with Crippen LogP contribution in [0.5, 0.6) is 0 Å². The lowest BCUT2D eigenvalue weighted by molar-refractivity contribution is 0.0675. The maximum Gasteiger partial charge on any atom is 0.0719 e. The highest BCUT2D eigenvalue weighted by atomic mass is 32.1. The molecule has 10 aromatic carbocycles. The molecule has 1 nitrogen and oxygen atoms in total. The van der Waals surface area contributed by atoms with Gasteiger partial charge in [-0.3, -0.25) is 0 Å². The highest BCUT2D eigenvalue weighted by molar-refractivity contribution is 7.25. The molecule has 0 aliphatic heterocycles. The van der Waals surface area contributed by atoms with Crippen molar-refractivity contribution in [1.82, 2.24) is 0 Å². The number of benzene rings is 10. The number of thiophene rings is 1. The van der Waals surface area contributed by atoms with E-state index in [9.17, 15) is 0 Å². The molecule has 0 N–H and O–H groups in total. The quantitative estimate of drug-likeness (QED) is 0.160. The van der Waals surface area contributed by atoms with Crippen LogP contribution < -0.4 is 4.90 Å². The molecule has 11 aromatic rings. The van der Waals surface area contributed by atoms with Crippen molar-refractivity contribution in [2.24, 2.45) is 23.7 Å². The second-order valence-corrected chi connectivity index (χ2v) is 24.0. The van der Waals surface area contributed by atoms with E-state index < -0.39 is 5.41 Å². The smallest absolute Gasteiger partial charge is 0.0719 e. The Hall–Kier alpha value is -7.78. The molecule has 2 heteroatoms. The normalized spacial score (nSPS) is 23.1. The number of rotatable bonds is 6. The highest BCUT2D eigenvalue weighted by Gasteiger charge is 2.75. The molecule has 0 saturated heterocycles. The van der Waals surface area contributed by atoms with E-state index in [0.29, 0.717) is 17.8 Å². The van der Waals surface area contributed by atoms with Gasteiger partial charge in [0.2, 0.25) is 0 Å². The van der Waals surface area contributed by atoms with Crippen LogP contribution in [0.15, 0.2) is 237 Å². The van der Waals surface area contributed by atoms with E-state index in [0.717, 1.165) is 11.6 Å². The molecule has 1 heterocycles. The van der Waals surface area contributed by atoms with Gasteiger partial charge in [0.1, 0.15) is 0 Å².